The molecule has 0 aliphatic carbocycles. The lowest BCUT2D eigenvalue weighted by atomic mass is 9.99. The van der Waals surface area contributed by atoms with Gasteiger partial charge in [-0.15, -0.1) is 0 Å². The number of benzene rings is 2. The first-order valence-electron chi connectivity index (χ1n) is 7.34. The van der Waals surface area contributed by atoms with Gasteiger partial charge in [0.15, 0.2) is 0 Å². The third-order valence-corrected chi connectivity index (χ3v) is 4.44. The topological polar surface area (TPSA) is 30.7 Å². The van der Waals surface area contributed by atoms with Crippen molar-refractivity contribution < 1.29 is 0 Å². The van der Waals surface area contributed by atoms with Crippen molar-refractivity contribution in [2.45, 2.75) is 0 Å². The standard InChI is InChI=1S/C19H13N3/c1-22-10-8-14-18-13(6-4-9-20-18)17-12-5-2-3-7-16(12)21-11-15(17)19(14)22/h2-11H,1H3. The minimum atomic E-state index is 1.02. The van der Waals surface area contributed by atoms with Crippen molar-refractivity contribution in [3.63, 3.8) is 0 Å². The molecule has 104 valence electrons. The van der Waals surface area contributed by atoms with Gasteiger partial charge in [0.05, 0.1) is 16.6 Å². The van der Waals surface area contributed by atoms with E-state index in [2.05, 4.69) is 58.1 Å². The minimum absolute atomic E-state index is 1.02. The first-order chi connectivity index (χ1) is 10.8. The largest absolute Gasteiger partial charge is 0.350 e. The number of pyridine rings is 2. The minimum Gasteiger partial charge on any atom is -0.350 e. The predicted molar refractivity (Wildman–Crippen MR) is 91.0 cm³/mol. The molecular formula is C19H13N3. The third-order valence-electron chi connectivity index (χ3n) is 4.44. The Bertz CT molecular complexity index is 1190. The van der Waals surface area contributed by atoms with Gasteiger partial charge in [0.25, 0.3) is 0 Å². The molecule has 2 aromatic carbocycles. The van der Waals surface area contributed by atoms with Crippen LogP contribution in [-0.2, 0) is 7.05 Å². The zero-order valence-corrected chi connectivity index (χ0v) is 12.1. The maximum atomic E-state index is 4.65. The van der Waals surface area contributed by atoms with E-state index in [0.29, 0.717) is 0 Å². The fourth-order valence-corrected chi connectivity index (χ4v) is 3.49. The molecule has 0 radical (unpaired) electrons. The van der Waals surface area contributed by atoms with E-state index in [0.717, 1.165) is 11.0 Å². The molecule has 3 heteroatoms. The molecule has 0 fully saturated rings. The fourth-order valence-electron chi connectivity index (χ4n) is 3.49. The quantitative estimate of drug-likeness (QED) is 0.394. The van der Waals surface area contributed by atoms with Crippen molar-refractivity contribution in [2.75, 3.05) is 0 Å². The summed E-state index contributed by atoms with van der Waals surface area (Å²) < 4.78 is 2.15. The number of hydrogen-bond donors (Lipinski definition) is 0. The number of para-hydroxylation sites is 1. The first-order valence-corrected chi connectivity index (χ1v) is 7.34. The van der Waals surface area contributed by atoms with E-state index in [1.165, 1.54) is 32.4 Å². The summed E-state index contributed by atoms with van der Waals surface area (Å²) in [6, 6.07) is 14.6. The van der Waals surface area contributed by atoms with Gasteiger partial charge in [-0.05, 0) is 18.2 Å². The van der Waals surface area contributed by atoms with E-state index in [9.17, 15) is 0 Å². The smallest absolute Gasteiger partial charge is 0.0802 e. The van der Waals surface area contributed by atoms with E-state index >= 15 is 0 Å². The van der Waals surface area contributed by atoms with Crippen LogP contribution in [0.5, 0.6) is 0 Å². The summed E-state index contributed by atoms with van der Waals surface area (Å²) in [4.78, 5) is 9.30. The summed E-state index contributed by atoms with van der Waals surface area (Å²) in [5, 5.41) is 5.98. The van der Waals surface area contributed by atoms with E-state index in [-0.39, 0.29) is 0 Å². The second-order valence-corrected chi connectivity index (χ2v) is 5.65. The Hall–Kier alpha value is -2.94. The van der Waals surface area contributed by atoms with Crippen LogP contribution in [0.2, 0.25) is 0 Å². The maximum absolute atomic E-state index is 4.65. The lowest BCUT2D eigenvalue weighted by Gasteiger charge is -2.10. The van der Waals surface area contributed by atoms with Crippen LogP contribution in [0.4, 0.5) is 0 Å². The third kappa shape index (κ3) is 1.35. The molecule has 0 amide bonds. The Labute approximate surface area is 126 Å². The average Bonchev–Trinajstić information content (AvgIpc) is 2.97. The van der Waals surface area contributed by atoms with Crippen molar-refractivity contribution in [3.8, 4) is 0 Å². The van der Waals surface area contributed by atoms with E-state index in [4.69, 9.17) is 0 Å². The molecule has 3 heterocycles. The van der Waals surface area contributed by atoms with Gasteiger partial charge in [-0.3, -0.25) is 9.97 Å². The highest BCUT2D eigenvalue weighted by Crippen LogP contribution is 2.37. The molecule has 5 aromatic rings. The van der Waals surface area contributed by atoms with Crippen LogP contribution in [0.1, 0.15) is 0 Å². The molecule has 0 spiro atoms. The Morgan fingerprint density at radius 2 is 1.68 bits per heavy atom. The summed E-state index contributed by atoms with van der Waals surface area (Å²) in [7, 11) is 2.08. The predicted octanol–water partition coefficient (Wildman–Crippen LogP) is 4.43. The van der Waals surface area contributed by atoms with Gasteiger partial charge in [-0.1, -0.05) is 24.3 Å². The van der Waals surface area contributed by atoms with Gasteiger partial charge in [0, 0.05) is 52.6 Å². The van der Waals surface area contributed by atoms with Crippen LogP contribution < -0.4 is 0 Å². The van der Waals surface area contributed by atoms with Gasteiger partial charge < -0.3 is 4.57 Å². The Balaban J connectivity index is 2.25. The Kier molecular flexibility index (Phi) is 2.15. The number of nitrogens with zero attached hydrogens (tertiary/aromatic N) is 3. The summed E-state index contributed by atoms with van der Waals surface area (Å²) in [6.45, 7) is 0. The van der Waals surface area contributed by atoms with Gasteiger partial charge >= 0.3 is 0 Å². The van der Waals surface area contributed by atoms with Gasteiger partial charge in [0.1, 0.15) is 0 Å². The monoisotopic (exact) mass is 283 g/mol. The molecule has 0 atom stereocenters. The molecule has 3 aromatic heterocycles. The highest BCUT2D eigenvalue weighted by molar-refractivity contribution is 6.29. The molecular weight excluding hydrogens is 270 g/mol. The molecule has 0 aliphatic heterocycles. The number of aromatic nitrogens is 3. The lowest BCUT2D eigenvalue weighted by Crippen LogP contribution is -1.91. The molecule has 22 heavy (non-hydrogen) atoms. The molecule has 5 rings (SSSR count). The highest BCUT2D eigenvalue weighted by atomic mass is 14.9. The average molecular weight is 283 g/mol. The van der Waals surface area contributed by atoms with Crippen molar-refractivity contribution >= 4 is 43.5 Å². The lowest BCUT2D eigenvalue weighted by molar-refractivity contribution is 0.973. The highest BCUT2D eigenvalue weighted by Gasteiger charge is 2.14. The van der Waals surface area contributed by atoms with Crippen LogP contribution in [-0.4, -0.2) is 14.5 Å². The summed E-state index contributed by atoms with van der Waals surface area (Å²) >= 11 is 0. The Morgan fingerprint density at radius 1 is 0.818 bits per heavy atom. The van der Waals surface area contributed by atoms with Crippen molar-refractivity contribution in [1.82, 2.24) is 14.5 Å². The fraction of sp³-hybridized carbons (Fsp3) is 0.0526. The van der Waals surface area contributed by atoms with Crippen molar-refractivity contribution in [1.29, 1.82) is 0 Å². The molecule has 0 saturated carbocycles. The zero-order chi connectivity index (χ0) is 14.7. The van der Waals surface area contributed by atoms with E-state index in [1.54, 1.807) is 0 Å². The van der Waals surface area contributed by atoms with Crippen LogP contribution in [0, 0.1) is 0 Å². The normalized spacial score (nSPS) is 11.9. The first kappa shape index (κ1) is 11.7. The second-order valence-electron chi connectivity index (χ2n) is 5.65. The molecule has 0 unspecified atom stereocenters. The SMILES string of the molecule is Cn1ccc2c3ncccc3c3c4ccccc4ncc3c21. The van der Waals surface area contributed by atoms with Crippen LogP contribution in [0.15, 0.2) is 61.1 Å². The molecule has 0 bridgehead atoms. The number of rotatable bonds is 0. The van der Waals surface area contributed by atoms with Gasteiger partial charge in [0.2, 0.25) is 0 Å². The molecule has 0 saturated heterocycles. The van der Waals surface area contributed by atoms with Gasteiger partial charge in [-0.25, -0.2) is 0 Å². The van der Waals surface area contributed by atoms with E-state index in [1.807, 2.05) is 24.5 Å². The van der Waals surface area contributed by atoms with Crippen LogP contribution in [0.3, 0.4) is 0 Å². The number of hydrogen-bond acceptors (Lipinski definition) is 2. The maximum Gasteiger partial charge on any atom is 0.0802 e. The zero-order valence-electron chi connectivity index (χ0n) is 12.1. The van der Waals surface area contributed by atoms with Crippen molar-refractivity contribution in [3.05, 3.63) is 61.1 Å². The Morgan fingerprint density at radius 3 is 2.64 bits per heavy atom. The van der Waals surface area contributed by atoms with Crippen LogP contribution in [0.25, 0.3) is 43.5 Å². The number of aryl methyl sites for hydroxylation is 1. The molecule has 0 aliphatic rings. The summed E-state index contributed by atoms with van der Waals surface area (Å²) in [5.74, 6) is 0. The summed E-state index contributed by atoms with van der Waals surface area (Å²) in [5.41, 5.74) is 3.27. The number of fused-ring (bicyclic) bond motifs is 8. The van der Waals surface area contributed by atoms with Crippen molar-refractivity contribution in [2.24, 2.45) is 7.05 Å². The summed E-state index contributed by atoms with van der Waals surface area (Å²) in [6.07, 6.45) is 5.95. The molecule has 0 N–H and O–H groups in total. The van der Waals surface area contributed by atoms with Gasteiger partial charge in [-0.2, -0.15) is 0 Å². The van der Waals surface area contributed by atoms with Crippen LogP contribution >= 0.6 is 0 Å². The second kappa shape index (κ2) is 4.04. The van der Waals surface area contributed by atoms with E-state index < -0.39 is 0 Å². The molecule has 3 nitrogen and oxygen atoms in total.